The van der Waals surface area contributed by atoms with E-state index in [4.69, 9.17) is 15.6 Å². The molecule has 0 amide bonds. The third-order valence-electron chi connectivity index (χ3n) is 4.27. The molecule has 0 saturated heterocycles. The summed E-state index contributed by atoms with van der Waals surface area (Å²) in [5, 5.41) is 19.2. The van der Waals surface area contributed by atoms with Gasteiger partial charge in [0.15, 0.2) is 5.65 Å². The number of hydrogen-bond donors (Lipinski definition) is 3. The molecule has 4 N–H and O–H groups in total. The fraction of sp³-hybridized carbons (Fsp3) is 0.100. The molecule has 136 valence electrons. The Labute approximate surface area is 155 Å². The van der Waals surface area contributed by atoms with Gasteiger partial charge < -0.3 is 25.3 Å². The van der Waals surface area contributed by atoms with Crippen molar-refractivity contribution in [2.24, 2.45) is 0 Å². The van der Waals surface area contributed by atoms with E-state index in [9.17, 15) is 5.11 Å². The highest BCUT2D eigenvalue weighted by atomic mass is 16.5. The molecule has 2 aromatic heterocycles. The normalized spacial score (nSPS) is 11.0. The van der Waals surface area contributed by atoms with Gasteiger partial charge in [0.2, 0.25) is 0 Å². The van der Waals surface area contributed by atoms with Crippen molar-refractivity contribution in [1.29, 1.82) is 0 Å². The third kappa shape index (κ3) is 3.16. The Balaban J connectivity index is 1.84. The minimum atomic E-state index is -0.0316. The van der Waals surface area contributed by atoms with Gasteiger partial charge in [0.25, 0.3) is 0 Å². The second-order valence-electron chi connectivity index (χ2n) is 5.98. The summed E-state index contributed by atoms with van der Waals surface area (Å²) in [6, 6.07) is 14.4. The molecule has 0 unspecified atom stereocenters. The largest absolute Gasteiger partial charge is 0.508 e. The van der Waals surface area contributed by atoms with Crippen LogP contribution in [0.5, 0.6) is 11.5 Å². The fourth-order valence-electron chi connectivity index (χ4n) is 3.01. The molecular weight excluding hydrogens is 344 g/mol. The zero-order chi connectivity index (χ0) is 18.8. The molecular formula is C20H18N4O3. The lowest BCUT2D eigenvalue weighted by molar-refractivity contribution is 0.201. The van der Waals surface area contributed by atoms with Crippen LogP contribution in [0.15, 0.2) is 61.1 Å². The van der Waals surface area contributed by atoms with Gasteiger partial charge in [-0.15, -0.1) is 0 Å². The zero-order valence-corrected chi connectivity index (χ0v) is 14.4. The topological polar surface area (TPSA) is 106 Å². The SMILES string of the molecule is Nc1ncnc2c1c(-c1ccc(O)cc1)cn2-c1ccc(OCCO)cc1. The van der Waals surface area contributed by atoms with Gasteiger partial charge in [-0.3, -0.25) is 0 Å². The minimum Gasteiger partial charge on any atom is -0.508 e. The molecule has 2 aromatic carbocycles. The van der Waals surface area contributed by atoms with Crippen molar-refractivity contribution in [3.63, 3.8) is 0 Å². The van der Waals surface area contributed by atoms with Crippen LogP contribution in [0.25, 0.3) is 27.8 Å². The predicted molar refractivity (Wildman–Crippen MR) is 103 cm³/mol. The van der Waals surface area contributed by atoms with E-state index in [1.165, 1.54) is 6.33 Å². The number of nitrogens with two attached hydrogens (primary N) is 1. The monoisotopic (exact) mass is 362 g/mol. The minimum absolute atomic E-state index is 0.0316. The number of hydrogen-bond acceptors (Lipinski definition) is 6. The number of phenolic OH excluding ortho intramolecular Hbond substituents is 1. The summed E-state index contributed by atoms with van der Waals surface area (Å²) in [5.41, 5.74) is 9.50. The van der Waals surface area contributed by atoms with E-state index in [1.807, 2.05) is 47.2 Å². The summed E-state index contributed by atoms with van der Waals surface area (Å²) >= 11 is 0. The van der Waals surface area contributed by atoms with Gasteiger partial charge in [-0.25, -0.2) is 9.97 Å². The molecule has 0 aliphatic carbocycles. The first-order chi connectivity index (χ1) is 13.2. The lowest BCUT2D eigenvalue weighted by atomic mass is 10.1. The maximum absolute atomic E-state index is 9.56. The fourth-order valence-corrected chi connectivity index (χ4v) is 3.01. The predicted octanol–water partition coefficient (Wildman–Crippen LogP) is 2.75. The molecule has 0 aliphatic rings. The van der Waals surface area contributed by atoms with Crippen LogP contribution >= 0.6 is 0 Å². The molecule has 0 radical (unpaired) electrons. The van der Waals surface area contributed by atoms with Crippen LogP contribution in [0, 0.1) is 0 Å². The Morgan fingerprint density at radius 1 is 1.00 bits per heavy atom. The van der Waals surface area contributed by atoms with Crippen LogP contribution in [0.4, 0.5) is 5.82 Å². The molecule has 0 bridgehead atoms. The number of fused-ring (bicyclic) bond motifs is 1. The number of benzene rings is 2. The first-order valence-corrected chi connectivity index (χ1v) is 8.42. The molecule has 0 spiro atoms. The van der Waals surface area contributed by atoms with Crippen molar-refractivity contribution in [3.8, 4) is 28.3 Å². The van der Waals surface area contributed by atoms with E-state index in [0.717, 1.165) is 22.2 Å². The second-order valence-corrected chi connectivity index (χ2v) is 5.98. The lowest BCUT2D eigenvalue weighted by Gasteiger charge is -2.07. The maximum atomic E-state index is 9.56. The number of aliphatic hydroxyl groups is 1. The van der Waals surface area contributed by atoms with Crippen molar-refractivity contribution in [1.82, 2.24) is 14.5 Å². The van der Waals surface area contributed by atoms with E-state index in [2.05, 4.69) is 9.97 Å². The molecule has 4 aromatic rings. The number of aromatic nitrogens is 3. The highest BCUT2D eigenvalue weighted by molar-refractivity contribution is 6.01. The van der Waals surface area contributed by atoms with Gasteiger partial charge in [0, 0.05) is 17.4 Å². The third-order valence-corrected chi connectivity index (χ3v) is 4.27. The van der Waals surface area contributed by atoms with Crippen molar-refractivity contribution >= 4 is 16.9 Å². The summed E-state index contributed by atoms with van der Waals surface area (Å²) in [4.78, 5) is 8.54. The number of ether oxygens (including phenoxy) is 1. The number of rotatable bonds is 5. The van der Waals surface area contributed by atoms with Crippen molar-refractivity contribution in [2.45, 2.75) is 0 Å². The van der Waals surface area contributed by atoms with Crippen molar-refractivity contribution in [2.75, 3.05) is 18.9 Å². The quantitative estimate of drug-likeness (QED) is 0.504. The number of aromatic hydroxyl groups is 1. The summed E-state index contributed by atoms with van der Waals surface area (Å²) in [6.45, 7) is 0.219. The number of phenols is 1. The van der Waals surface area contributed by atoms with Crippen LogP contribution in [0.3, 0.4) is 0 Å². The number of nitrogens with zero attached hydrogens (tertiary/aromatic N) is 3. The maximum Gasteiger partial charge on any atom is 0.150 e. The van der Waals surface area contributed by atoms with E-state index in [1.54, 1.807) is 12.1 Å². The second kappa shape index (κ2) is 6.97. The Hall–Kier alpha value is -3.58. The van der Waals surface area contributed by atoms with Crippen LogP contribution in [0.2, 0.25) is 0 Å². The van der Waals surface area contributed by atoms with Gasteiger partial charge in [-0.05, 0) is 42.0 Å². The average molecular weight is 362 g/mol. The molecule has 2 heterocycles. The van der Waals surface area contributed by atoms with Crippen molar-refractivity contribution in [3.05, 3.63) is 61.1 Å². The Morgan fingerprint density at radius 2 is 1.74 bits per heavy atom. The molecule has 7 heteroatoms. The van der Waals surface area contributed by atoms with E-state index >= 15 is 0 Å². The summed E-state index contributed by atoms with van der Waals surface area (Å²) in [7, 11) is 0. The van der Waals surface area contributed by atoms with Crippen LogP contribution in [-0.2, 0) is 0 Å². The summed E-state index contributed by atoms with van der Waals surface area (Å²) in [5.74, 6) is 1.27. The van der Waals surface area contributed by atoms with Gasteiger partial charge >= 0.3 is 0 Å². The van der Waals surface area contributed by atoms with Gasteiger partial charge in [0.05, 0.1) is 12.0 Å². The Morgan fingerprint density at radius 3 is 2.44 bits per heavy atom. The molecule has 0 fully saturated rings. The summed E-state index contributed by atoms with van der Waals surface area (Å²) in [6.07, 6.45) is 3.39. The number of aliphatic hydroxyl groups excluding tert-OH is 1. The molecule has 0 atom stereocenters. The molecule has 7 nitrogen and oxygen atoms in total. The molecule has 4 rings (SSSR count). The van der Waals surface area contributed by atoms with Crippen LogP contribution in [0.1, 0.15) is 0 Å². The van der Waals surface area contributed by atoms with Crippen LogP contribution in [-0.4, -0.2) is 38.0 Å². The lowest BCUT2D eigenvalue weighted by Crippen LogP contribution is -2.01. The number of nitrogen functional groups attached to an aromatic ring is 1. The number of anilines is 1. The Kier molecular flexibility index (Phi) is 4.35. The van der Waals surface area contributed by atoms with E-state index < -0.39 is 0 Å². The van der Waals surface area contributed by atoms with Crippen LogP contribution < -0.4 is 10.5 Å². The van der Waals surface area contributed by atoms with Gasteiger partial charge in [0.1, 0.15) is 30.3 Å². The first-order valence-electron chi connectivity index (χ1n) is 8.42. The van der Waals surface area contributed by atoms with Gasteiger partial charge in [-0.2, -0.15) is 0 Å². The molecule has 0 saturated carbocycles. The van der Waals surface area contributed by atoms with E-state index in [-0.39, 0.29) is 19.0 Å². The molecule has 27 heavy (non-hydrogen) atoms. The highest BCUT2D eigenvalue weighted by Gasteiger charge is 2.16. The summed E-state index contributed by atoms with van der Waals surface area (Å²) < 4.78 is 7.35. The van der Waals surface area contributed by atoms with Gasteiger partial charge in [-0.1, -0.05) is 12.1 Å². The zero-order valence-electron chi connectivity index (χ0n) is 14.4. The standard InChI is InChI=1S/C20H18N4O3/c21-19-18-17(13-1-5-15(26)6-2-13)11-24(20(18)23-12-22-19)14-3-7-16(8-4-14)27-10-9-25/h1-8,11-12,25-26H,9-10H2,(H2,21,22,23). The average Bonchev–Trinajstić information content (AvgIpc) is 3.08. The molecule has 0 aliphatic heterocycles. The van der Waals surface area contributed by atoms with Crippen molar-refractivity contribution < 1.29 is 14.9 Å². The Bertz CT molecular complexity index is 1070. The smallest absolute Gasteiger partial charge is 0.150 e. The van der Waals surface area contributed by atoms with E-state index in [0.29, 0.717) is 17.2 Å². The first kappa shape index (κ1) is 16.9. The highest BCUT2D eigenvalue weighted by Crippen LogP contribution is 2.35.